The minimum atomic E-state index is -0.710. The minimum Gasteiger partial charge on any atom is -0.486 e. The molecule has 1 aromatic carbocycles. The third-order valence-electron chi connectivity index (χ3n) is 5.94. The second-order valence-electron chi connectivity index (χ2n) is 10.0. The summed E-state index contributed by atoms with van der Waals surface area (Å²) in [6.07, 6.45) is 3.12. The zero-order valence-electron chi connectivity index (χ0n) is 20.6. The SMILES string of the molecule is C=C1CC(COc2c(F)ccc3c(=O)c(C(=O)OCC)cn(C4CC4)c23)N(C(=O)OC(C)(C)C)C1. The molecule has 1 aliphatic carbocycles. The van der Waals surface area contributed by atoms with Gasteiger partial charge in [-0.3, -0.25) is 9.69 Å². The summed E-state index contributed by atoms with van der Waals surface area (Å²) in [4.78, 5) is 39.7. The van der Waals surface area contributed by atoms with Gasteiger partial charge < -0.3 is 18.8 Å². The summed E-state index contributed by atoms with van der Waals surface area (Å²) in [7, 11) is 0. The Balaban J connectivity index is 1.69. The van der Waals surface area contributed by atoms with Gasteiger partial charge in [0.1, 0.15) is 17.8 Å². The maximum atomic E-state index is 15.1. The van der Waals surface area contributed by atoms with Crippen LogP contribution in [-0.4, -0.2) is 52.9 Å². The van der Waals surface area contributed by atoms with Crippen molar-refractivity contribution in [1.29, 1.82) is 0 Å². The molecule has 0 bridgehead atoms. The second kappa shape index (κ2) is 9.36. The summed E-state index contributed by atoms with van der Waals surface area (Å²) < 4.78 is 33.3. The van der Waals surface area contributed by atoms with E-state index in [0.29, 0.717) is 18.5 Å². The lowest BCUT2D eigenvalue weighted by Gasteiger charge is -2.28. The Kier molecular flexibility index (Phi) is 6.62. The van der Waals surface area contributed by atoms with Crippen molar-refractivity contribution < 1.29 is 28.2 Å². The number of carbonyl (C=O) groups is 2. The van der Waals surface area contributed by atoms with Crippen LogP contribution in [0.25, 0.3) is 10.9 Å². The summed E-state index contributed by atoms with van der Waals surface area (Å²) >= 11 is 0. The van der Waals surface area contributed by atoms with Gasteiger partial charge in [0.2, 0.25) is 5.43 Å². The summed E-state index contributed by atoms with van der Waals surface area (Å²) in [6, 6.07) is 2.16. The molecule has 9 heteroatoms. The number of nitrogens with zero attached hydrogens (tertiary/aromatic N) is 2. The lowest BCUT2D eigenvalue weighted by Crippen LogP contribution is -2.42. The van der Waals surface area contributed by atoms with Crippen LogP contribution in [-0.2, 0) is 9.47 Å². The van der Waals surface area contributed by atoms with E-state index in [-0.39, 0.29) is 36.0 Å². The van der Waals surface area contributed by atoms with E-state index in [1.54, 1.807) is 32.3 Å². The van der Waals surface area contributed by atoms with Gasteiger partial charge in [0.15, 0.2) is 11.6 Å². The fourth-order valence-electron chi connectivity index (χ4n) is 4.27. The van der Waals surface area contributed by atoms with Crippen molar-refractivity contribution in [3.63, 3.8) is 0 Å². The fourth-order valence-corrected chi connectivity index (χ4v) is 4.27. The van der Waals surface area contributed by atoms with Crippen LogP contribution < -0.4 is 10.2 Å². The highest BCUT2D eigenvalue weighted by molar-refractivity contribution is 5.95. The summed E-state index contributed by atoms with van der Waals surface area (Å²) in [5.74, 6) is -1.42. The molecule has 8 nitrogen and oxygen atoms in total. The summed E-state index contributed by atoms with van der Waals surface area (Å²) in [5.41, 5.74) is -0.148. The van der Waals surface area contributed by atoms with Crippen molar-refractivity contribution in [3.8, 4) is 5.75 Å². The number of likely N-dealkylation sites (tertiary alicyclic amines) is 1. The van der Waals surface area contributed by atoms with Gasteiger partial charge in [0.05, 0.1) is 23.6 Å². The maximum Gasteiger partial charge on any atom is 0.410 e. The summed E-state index contributed by atoms with van der Waals surface area (Å²) in [5, 5.41) is 0.179. The number of hydrogen-bond acceptors (Lipinski definition) is 6. The number of hydrogen-bond donors (Lipinski definition) is 0. The van der Waals surface area contributed by atoms with Crippen LogP contribution in [0.15, 0.2) is 35.3 Å². The van der Waals surface area contributed by atoms with Gasteiger partial charge in [0.25, 0.3) is 0 Å². The van der Waals surface area contributed by atoms with Gasteiger partial charge in [-0.2, -0.15) is 0 Å². The zero-order chi connectivity index (χ0) is 25.5. The molecule has 2 aromatic rings. The fraction of sp³-hybridized carbons (Fsp3) is 0.500. The topological polar surface area (TPSA) is 87.1 Å². The zero-order valence-corrected chi connectivity index (χ0v) is 20.6. The Bertz CT molecular complexity index is 1240. The molecule has 0 spiro atoms. The predicted molar refractivity (Wildman–Crippen MR) is 128 cm³/mol. The number of ether oxygens (including phenoxy) is 3. The van der Waals surface area contributed by atoms with E-state index >= 15 is 4.39 Å². The molecular formula is C26H31FN2O6. The van der Waals surface area contributed by atoms with E-state index in [4.69, 9.17) is 14.2 Å². The normalized spacial score (nSPS) is 18.1. The number of carbonyl (C=O) groups excluding carboxylic acids is 2. The molecule has 188 valence electrons. The Labute approximate surface area is 203 Å². The van der Waals surface area contributed by atoms with Gasteiger partial charge >= 0.3 is 12.1 Å². The first-order valence-corrected chi connectivity index (χ1v) is 11.8. The van der Waals surface area contributed by atoms with Crippen molar-refractivity contribution >= 4 is 23.0 Å². The molecule has 35 heavy (non-hydrogen) atoms. The molecule has 1 amide bonds. The molecule has 1 aliphatic heterocycles. The molecule has 2 fully saturated rings. The van der Waals surface area contributed by atoms with Crippen molar-refractivity contribution in [2.45, 2.75) is 64.6 Å². The highest BCUT2D eigenvalue weighted by Crippen LogP contribution is 2.40. The maximum absolute atomic E-state index is 15.1. The van der Waals surface area contributed by atoms with E-state index in [9.17, 15) is 14.4 Å². The van der Waals surface area contributed by atoms with Crippen LogP contribution >= 0.6 is 0 Å². The highest BCUT2D eigenvalue weighted by atomic mass is 19.1. The monoisotopic (exact) mass is 486 g/mol. The van der Waals surface area contributed by atoms with E-state index in [0.717, 1.165) is 24.5 Å². The molecule has 0 N–H and O–H groups in total. The number of halogens is 1. The van der Waals surface area contributed by atoms with E-state index in [2.05, 4.69) is 6.58 Å². The van der Waals surface area contributed by atoms with Crippen LogP contribution in [0.3, 0.4) is 0 Å². The summed E-state index contributed by atoms with van der Waals surface area (Å²) in [6.45, 7) is 11.5. The van der Waals surface area contributed by atoms with Crippen molar-refractivity contribution in [2.24, 2.45) is 0 Å². The third-order valence-corrected chi connectivity index (χ3v) is 5.94. The molecular weight excluding hydrogens is 455 g/mol. The molecule has 2 heterocycles. The lowest BCUT2D eigenvalue weighted by molar-refractivity contribution is 0.0189. The van der Waals surface area contributed by atoms with Crippen LogP contribution in [0, 0.1) is 5.82 Å². The van der Waals surface area contributed by atoms with Crippen LogP contribution in [0.2, 0.25) is 0 Å². The first-order valence-electron chi connectivity index (χ1n) is 11.8. The Hall–Kier alpha value is -3.36. The van der Waals surface area contributed by atoms with Crippen LogP contribution in [0.4, 0.5) is 9.18 Å². The average molecular weight is 487 g/mol. The molecule has 1 unspecified atom stereocenters. The van der Waals surface area contributed by atoms with Gasteiger partial charge in [-0.1, -0.05) is 12.2 Å². The molecule has 2 aliphatic rings. The molecule has 1 saturated heterocycles. The van der Waals surface area contributed by atoms with E-state index in [1.165, 1.54) is 17.2 Å². The first-order chi connectivity index (χ1) is 16.5. The Morgan fingerprint density at radius 2 is 1.94 bits per heavy atom. The number of aromatic nitrogens is 1. The van der Waals surface area contributed by atoms with E-state index in [1.807, 2.05) is 0 Å². The lowest BCUT2D eigenvalue weighted by atomic mass is 10.1. The van der Waals surface area contributed by atoms with Gasteiger partial charge in [-0.25, -0.2) is 14.0 Å². The van der Waals surface area contributed by atoms with Gasteiger partial charge in [-0.05, 0) is 59.1 Å². The van der Waals surface area contributed by atoms with E-state index < -0.39 is 35.0 Å². The van der Waals surface area contributed by atoms with Crippen molar-refractivity contribution in [3.05, 3.63) is 52.1 Å². The van der Waals surface area contributed by atoms with Gasteiger partial charge in [-0.15, -0.1) is 0 Å². The number of pyridine rings is 1. The van der Waals surface area contributed by atoms with Gasteiger partial charge in [0, 0.05) is 18.8 Å². The first kappa shape index (κ1) is 24.8. The third kappa shape index (κ3) is 5.18. The number of esters is 1. The van der Waals surface area contributed by atoms with Crippen molar-refractivity contribution in [2.75, 3.05) is 19.8 Å². The largest absolute Gasteiger partial charge is 0.486 e. The van der Waals surface area contributed by atoms with Crippen molar-refractivity contribution in [1.82, 2.24) is 9.47 Å². The Morgan fingerprint density at radius 1 is 1.23 bits per heavy atom. The average Bonchev–Trinajstić information content (AvgIpc) is 3.54. The molecule has 1 saturated carbocycles. The highest BCUT2D eigenvalue weighted by Gasteiger charge is 2.35. The smallest absolute Gasteiger partial charge is 0.410 e. The van der Waals surface area contributed by atoms with Crippen LogP contribution in [0.1, 0.15) is 63.4 Å². The molecule has 1 aromatic heterocycles. The second-order valence-corrected chi connectivity index (χ2v) is 10.0. The van der Waals surface area contributed by atoms with Crippen LogP contribution in [0.5, 0.6) is 5.75 Å². The Morgan fingerprint density at radius 3 is 2.57 bits per heavy atom. The molecule has 4 rings (SSSR count). The minimum absolute atomic E-state index is 0.00716. The molecule has 0 radical (unpaired) electrons. The molecule has 1 atom stereocenters. The number of rotatable bonds is 6. The standard InChI is InChI=1S/C26H31FN2O6/c1-6-33-24(31)19-13-28(16-7-8-16)21-18(22(19)30)9-10-20(27)23(21)34-14-17-11-15(2)12-29(17)25(32)35-26(3,4)5/h9-10,13,16-17H,2,6-8,11-12,14H2,1,3-5H3. The predicted octanol–water partition coefficient (Wildman–Crippen LogP) is 4.60. The quantitative estimate of drug-likeness (QED) is 0.438. The number of benzene rings is 1. The number of amides is 1. The number of fused-ring (bicyclic) bond motifs is 1.